The Kier molecular flexibility index (Phi) is 6.32. The number of carbonyl (C=O) groups is 2. The van der Waals surface area contributed by atoms with Gasteiger partial charge in [-0.1, -0.05) is 75.0 Å². The molecule has 2 aliphatic heterocycles. The fraction of sp³-hybridized carbons (Fsp3) is 0.448. The number of fused-ring (bicyclic) bond motifs is 4. The van der Waals surface area contributed by atoms with E-state index in [4.69, 9.17) is 4.74 Å². The Balaban J connectivity index is 0.00000133. The number of carbonyl (C=O) groups excluding carboxylic acids is 2. The minimum absolute atomic E-state index is 0.00684. The van der Waals surface area contributed by atoms with E-state index >= 15 is 0 Å². The van der Waals surface area contributed by atoms with Crippen LogP contribution >= 0.6 is 0 Å². The van der Waals surface area contributed by atoms with Gasteiger partial charge in [-0.05, 0) is 49.8 Å². The van der Waals surface area contributed by atoms with E-state index in [0.717, 1.165) is 17.7 Å². The van der Waals surface area contributed by atoms with Crippen LogP contribution in [0.3, 0.4) is 0 Å². The Labute approximate surface area is 203 Å². The van der Waals surface area contributed by atoms with Gasteiger partial charge < -0.3 is 14.5 Å². The van der Waals surface area contributed by atoms with Gasteiger partial charge in [0.15, 0.2) is 0 Å². The standard InChI is InChI=1S/C27H30N2O3.C2H6/c1-18(19-10-6-5-7-11-19)29-23(30)14-20-15-27(22-13-9-8-12-21(22)24(20)29)16-28(17-27)25(31)32-26(2,3)4;1-2/h5-13,20,24H,1,14-17H2,2-4H3;1-2H3/t20-,24-;/m0./s1. The summed E-state index contributed by atoms with van der Waals surface area (Å²) in [7, 11) is 0. The molecule has 1 aliphatic carbocycles. The molecule has 0 radical (unpaired) electrons. The van der Waals surface area contributed by atoms with Crippen molar-refractivity contribution in [2.24, 2.45) is 5.92 Å². The first-order valence-corrected chi connectivity index (χ1v) is 12.3. The maximum atomic E-state index is 13.2. The summed E-state index contributed by atoms with van der Waals surface area (Å²) >= 11 is 0. The molecule has 0 bridgehead atoms. The van der Waals surface area contributed by atoms with Gasteiger partial charge >= 0.3 is 6.09 Å². The molecule has 2 fully saturated rings. The molecule has 0 unspecified atom stereocenters. The zero-order valence-electron chi connectivity index (χ0n) is 21.0. The SMILES string of the molecule is C=C(c1ccccc1)N1C(=O)C[C@H]2CC3(CN(C(=O)OC(C)(C)C)C3)c3ccccc3[C@H]21.CC. The molecule has 2 aromatic rings. The maximum absolute atomic E-state index is 13.2. The summed E-state index contributed by atoms with van der Waals surface area (Å²) in [5.74, 6) is 0.336. The highest BCUT2D eigenvalue weighted by Crippen LogP contribution is 2.56. The molecule has 5 heteroatoms. The van der Waals surface area contributed by atoms with Gasteiger partial charge in [0.25, 0.3) is 0 Å². The highest BCUT2D eigenvalue weighted by Gasteiger charge is 2.57. The molecule has 34 heavy (non-hydrogen) atoms. The second-order valence-corrected chi connectivity index (χ2v) is 10.4. The topological polar surface area (TPSA) is 49.9 Å². The first-order valence-electron chi connectivity index (χ1n) is 12.3. The molecule has 2 saturated heterocycles. The average molecular weight is 461 g/mol. The fourth-order valence-electron chi connectivity index (χ4n) is 5.75. The molecular weight excluding hydrogens is 424 g/mol. The third-order valence-electron chi connectivity index (χ3n) is 6.97. The second kappa shape index (κ2) is 8.94. The number of hydrogen-bond acceptors (Lipinski definition) is 3. The van der Waals surface area contributed by atoms with Crippen molar-refractivity contribution < 1.29 is 14.3 Å². The van der Waals surface area contributed by atoms with Crippen LogP contribution in [0.2, 0.25) is 0 Å². The third kappa shape index (κ3) is 4.13. The Morgan fingerprint density at radius 1 is 1.03 bits per heavy atom. The quantitative estimate of drug-likeness (QED) is 0.539. The summed E-state index contributed by atoms with van der Waals surface area (Å²) in [4.78, 5) is 29.5. The molecule has 0 saturated carbocycles. The third-order valence-corrected chi connectivity index (χ3v) is 6.97. The van der Waals surface area contributed by atoms with E-state index in [0.29, 0.717) is 19.5 Å². The van der Waals surface area contributed by atoms with Crippen LogP contribution in [0.4, 0.5) is 4.79 Å². The second-order valence-electron chi connectivity index (χ2n) is 10.4. The van der Waals surface area contributed by atoms with Crippen molar-refractivity contribution >= 4 is 17.7 Å². The van der Waals surface area contributed by atoms with Crippen LogP contribution < -0.4 is 0 Å². The first-order chi connectivity index (χ1) is 16.2. The highest BCUT2D eigenvalue weighted by atomic mass is 16.6. The van der Waals surface area contributed by atoms with Gasteiger partial charge in [-0.3, -0.25) is 4.79 Å². The molecule has 0 N–H and O–H groups in total. The summed E-state index contributed by atoms with van der Waals surface area (Å²) in [5, 5.41) is 0. The van der Waals surface area contributed by atoms with Gasteiger partial charge in [0.2, 0.25) is 5.91 Å². The number of amides is 2. The van der Waals surface area contributed by atoms with E-state index in [1.807, 2.05) is 75.9 Å². The van der Waals surface area contributed by atoms with Gasteiger partial charge in [0.05, 0.1) is 6.04 Å². The largest absolute Gasteiger partial charge is 0.444 e. The normalized spacial score (nSPS) is 22.2. The molecule has 0 aromatic heterocycles. The molecule has 3 aliphatic rings. The number of likely N-dealkylation sites (tertiary alicyclic amines) is 2. The minimum atomic E-state index is -0.508. The van der Waals surface area contributed by atoms with Gasteiger partial charge in [0.1, 0.15) is 5.60 Å². The van der Waals surface area contributed by atoms with Crippen molar-refractivity contribution in [2.45, 2.75) is 64.5 Å². The van der Waals surface area contributed by atoms with Crippen LogP contribution in [0.25, 0.3) is 5.70 Å². The van der Waals surface area contributed by atoms with Gasteiger partial charge in [-0.2, -0.15) is 0 Å². The van der Waals surface area contributed by atoms with E-state index in [1.165, 1.54) is 11.1 Å². The highest BCUT2D eigenvalue weighted by molar-refractivity contribution is 5.89. The van der Waals surface area contributed by atoms with Gasteiger partial charge in [0, 0.05) is 30.6 Å². The molecule has 2 amide bonds. The monoisotopic (exact) mass is 460 g/mol. The van der Waals surface area contributed by atoms with Gasteiger partial charge in [-0.25, -0.2) is 4.79 Å². The molecule has 5 nitrogen and oxygen atoms in total. The summed E-state index contributed by atoms with van der Waals surface area (Å²) in [6, 6.07) is 18.3. The van der Waals surface area contributed by atoms with E-state index in [2.05, 4.69) is 24.8 Å². The summed E-state index contributed by atoms with van der Waals surface area (Å²) < 4.78 is 5.58. The lowest BCUT2D eigenvalue weighted by atomic mass is 9.60. The molecule has 2 heterocycles. The summed E-state index contributed by atoms with van der Waals surface area (Å²) in [6.45, 7) is 15.2. The van der Waals surface area contributed by atoms with Crippen molar-refractivity contribution in [3.63, 3.8) is 0 Å². The Bertz CT molecular complexity index is 1080. The lowest BCUT2D eigenvalue weighted by Gasteiger charge is -2.55. The predicted molar refractivity (Wildman–Crippen MR) is 135 cm³/mol. The molecular formula is C29H36N2O3. The number of ether oxygens (including phenoxy) is 1. The smallest absolute Gasteiger partial charge is 0.410 e. The number of rotatable bonds is 2. The lowest BCUT2D eigenvalue weighted by Crippen LogP contribution is -2.64. The zero-order valence-corrected chi connectivity index (χ0v) is 21.0. The predicted octanol–water partition coefficient (Wildman–Crippen LogP) is 6.17. The molecule has 180 valence electrons. The van der Waals surface area contributed by atoms with Crippen LogP contribution in [-0.2, 0) is 14.9 Å². The number of hydrogen-bond donors (Lipinski definition) is 0. The van der Waals surface area contributed by atoms with Crippen LogP contribution in [0.15, 0.2) is 61.2 Å². The van der Waals surface area contributed by atoms with Crippen molar-refractivity contribution in [2.75, 3.05) is 13.1 Å². The van der Waals surface area contributed by atoms with Crippen molar-refractivity contribution in [1.29, 1.82) is 0 Å². The van der Waals surface area contributed by atoms with Gasteiger partial charge in [-0.15, -0.1) is 0 Å². The van der Waals surface area contributed by atoms with E-state index in [1.54, 1.807) is 4.90 Å². The summed E-state index contributed by atoms with van der Waals surface area (Å²) in [6.07, 6.45) is 1.14. The number of nitrogens with zero attached hydrogens (tertiary/aromatic N) is 2. The first kappa shape index (κ1) is 24.1. The minimum Gasteiger partial charge on any atom is -0.444 e. The fourth-order valence-corrected chi connectivity index (χ4v) is 5.75. The molecule has 2 atom stereocenters. The average Bonchev–Trinajstić information content (AvgIpc) is 3.12. The Morgan fingerprint density at radius 3 is 2.29 bits per heavy atom. The van der Waals surface area contributed by atoms with Crippen LogP contribution in [0, 0.1) is 5.92 Å². The van der Waals surface area contributed by atoms with Crippen LogP contribution in [0.5, 0.6) is 0 Å². The van der Waals surface area contributed by atoms with E-state index in [9.17, 15) is 9.59 Å². The molecule has 5 rings (SSSR count). The van der Waals surface area contributed by atoms with Crippen molar-refractivity contribution in [3.8, 4) is 0 Å². The Hall–Kier alpha value is -3.08. The van der Waals surface area contributed by atoms with Crippen LogP contribution in [-0.4, -0.2) is 40.5 Å². The molecule has 2 aromatic carbocycles. The zero-order chi connectivity index (χ0) is 24.7. The Morgan fingerprint density at radius 2 is 1.65 bits per heavy atom. The van der Waals surface area contributed by atoms with Crippen molar-refractivity contribution in [1.82, 2.24) is 9.80 Å². The maximum Gasteiger partial charge on any atom is 0.410 e. The van der Waals surface area contributed by atoms with Crippen molar-refractivity contribution in [3.05, 3.63) is 77.9 Å². The lowest BCUT2D eigenvalue weighted by molar-refractivity contribution is -0.125. The van der Waals surface area contributed by atoms with E-state index in [-0.39, 0.29) is 29.4 Å². The number of benzene rings is 2. The van der Waals surface area contributed by atoms with Crippen LogP contribution in [0.1, 0.15) is 70.2 Å². The summed E-state index contributed by atoms with van der Waals surface area (Å²) in [5.41, 5.74) is 3.55. The molecule has 1 spiro atoms. The van der Waals surface area contributed by atoms with E-state index < -0.39 is 5.60 Å².